The van der Waals surface area contributed by atoms with Crippen molar-refractivity contribution in [2.75, 3.05) is 26.2 Å². The lowest BCUT2D eigenvalue weighted by molar-refractivity contribution is -0.127. The van der Waals surface area contributed by atoms with Crippen molar-refractivity contribution in [3.05, 3.63) is 89.2 Å². The van der Waals surface area contributed by atoms with Gasteiger partial charge in [0.1, 0.15) is 0 Å². The van der Waals surface area contributed by atoms with E-state index in [9.17, 15) is 4.79 Å². The first-order chi connectivity index (χ1) is 14.2. The van der Waals surface area contributed by atoms with Crippen LogP contribution in [0.1, 0.15) is 11.1 Å². The third-order valence-corrected chi connectivity index (χ3v) is 5.26. The fourth-order valence-corrected chi connectivity index (χ4v) is 3.65. The second-order valence-electron chi connectivity index (χ2n) is 7.12. The minimum absolute atomic E-state index is 0.0415. The van der Waals surface area contributed by atoms with Gasteiger partial charge in [0, 0.05) is 55.6 Å². The maximum atomic E-state index is 12.5. The fourth-order valence-electron chi connectivity index (χ4n) is 3.44. The van der Waals surface area contributed by atoms with Crippen molar-refractivity contribution in [2.45, 2.75) is 6.54 Å². The second-order valence-corrected chi connectivity index (χ2v) is 7.55. The Kier molecular flexibility index (Phi) is 6.08. The number of halogens is 1. The first kappa shape index (κ1) is 19.4. The maximum Gasteiger partial charge on any atom is 0.246 e. The third-order valence-electron chi connectivity index (χ3n) is 5.02. The molecule has 2 heterocycles. The van der Waals surface area contributed by atoms with Crippen LogP contribution in [0.25, 0.3) is 11.8 Å². The molecule has 6 heteroatoms. The maximum absolute atomic E-state index is 12.5. The van der Waals surface area contributed by atoms with Crippen LogP contribution >= 0.6 is 11.6 Å². The Bertz CT molecular complexity index is 991. The molecule has 4 rings (SSSR count). The van der Waals surface area contributed by atoms with Gasteiger partial charge in [0.05, 0.1) is 11.9 Å². The molecule has 0 unspecified atom stereocenters. The van der Waals surface area contributed by atoms with Crippen molar-refractivity contribution in [3.8, 4) is 5.69 Å². The number of hydrogen-bond acceptors (Lipinski definition) is 3. The highest BCUT2D eigenvalue weighted by Gasteiger charge is 2.19. The van der Waals surface area contributed by atoms with Gasteiger partial charge in [0.15, 0.2) is 0 Å². The average molecular weight is 407 g/mol. The molecule has 3 aromatic rings. The summed E-state index contributed by atoms with van der Waals surface area (Å²) in [6, 6.07) is 17.9. The summed E-state index contributed by atoms with van der Waals surface area (Å²) in [6.45, 7) is 4.03. The average Bonchev–Trinajstić information content (AvgIpc) is 3.22. The molecular weight excluding hydrogens is 384 g/mol. The minimum atomic E-state index is 0.0415. The number of para-hydroxylation sites is 1. The molecule has 1 aromatic heterocycles. The summed E-state index contributed by atoms with van der Waals surface area (Å²) in [5.74, 6) is 0.0415. The van der Waals surface area contributed by atoms with Crippen LogP contribution < -0.4 is 0 Å². The van der Waals surface area contributed by atoms with Crippen molar-refractivity contribution in [3.63, 3.8) is 0 Å². The Morgan fingerprint density at radius 2 is 1.83 bits per heavy atom. The summed E-state index contributed by atoms with van der Waals surface area (Å²) in [5, 5.41) is 5.12. The highest BCUT2D eigenvalue weighted by Crippen LogP contribution is 2.14. The zero-order chi connectivity index (χ0) is 20.1. The molecule has 0 aliphatic carbocycles. The van der Waals surface area contributed by atoms with Crippen molar-refractivity contribution in [2.24, 2.45) is 0 Å². The molecule has 2 aromatic carbocycles. The van der Waals surface area contributed by atoms with E-state index in [2.05, 4.69) is 16.1 Å². The molecule has 0 radical (unpaired) electrons. The number of nitrogens with zero attached hydrogens (tertiary/aromatic N) is 4. The summed E-state index contributed by atoms with van der Waals surface area (Å²) in [5.41, 5.74) is 3.10. The zero-order valence-electron chi connectivity index (χ0n) is 16.1. The highest BCUT2D eigenvalue weighted by atomic mass is 35.5. The number of amides is 1. The number of carbonyl (C=O) groups is 1. The predicted octanol–water partition coefficient (Wildman–Crippen LogP) is 3.88. The molecule has 1 amide bonds. The molecule has 0 saturated carbocycles. The summed E-state index contributed by atoms with van der Waals surface area (Å²) in [7, 11) is 0. The molecular formula is C23H23ClN4O. The van der Waals surface area contributed by atoms with E-state index in [0.717, 1.165) is 49.0 Å². The Morgan fingerprint density at radius 1 is 1.03 bits per heavy atom. The van der Waals surface area contributed by atoms with Gasteiger partial charge in [-0.2, -0.15) is 5.10 Å². The third kappa shape index (κ3) is 5.13. The van der Waals surface area contributed by atoms with Crippen LogP contribution in [-0.2, 0) is 11.3 Å². The van der Waals surface area contributed by atoms with Crippen LogP contribution in [0.2, 0.25) is 5.02 Å². The van der Waals surface area contributed by atoms with E-state index in [4.69, 9.17) is 11.6 Å². The van der Waals surface area contributed by atoms with Gasteiger partial charge in [-0.1, -0.05) is 41.9 Å². The van der Waals surface area contributed by atoms with Crippen LogP contribution in [0.15, 0.2) is 73.1 Å². The molecule has 0 atom stereocenters. The first-order valence-corrected chi connectivity index (χ1v) is 10.1. The summed E-state index contributed by atoms with van der Waals surface area (Å²) >= 11 is 6.06. The van der Waals surface area contributed by atoms with E-state index in [1.165, 1.54) is 5.56 Å². The van der Waals surface area contributed by atoms with Crippen molar-refractivity contribution >= 4 is 23.6 Å². The lowest BCUT2D eigenvalue weighted by atomic mass is 10.2. The molecule has 1 aliphatic heterocycles. The van der Waals surface area contributed by atoms with Crippen molar-refractivity contribution in [1.29, 1.82) is 0 Å². The Morgan fingerprint density at radius 3 is 2.59 bits per heavy atom. The molecule has 1 fully saturated rings. The van der Waals surface area contributed by atoms with Gasteiger partial charge < -0.3 is 4.90 Å². The SMILES string of the molecule is O=C(/C=C/c1cnn(-c2ccccc2)c1)N1CCN(Cc2cccc(Cl)c2)CC1. The van der Waals surface area contributed by atoms with Crippen LogP contribution in [0.4, 0.5) is 0 Å². The molecule has 0 N–H and O–H groups in total. The summed E-state index contributed by atoms with van der Waals surface area (Å²) in [4.78, 5) is 16.8. The van der Waals surface area contributed by atoms with E-state index < -0.39 is 0 Å². The number of rotatable bonds is 5. The number of benzene rings is 2. The minimum Gasteiger partial charge on any atom is -0.337 e. The Balaban J connectivity index is 1.29. The van der Waals surface area contributed by atoms with Crippen LogP contribution in [0.5, 0.6) is 0 Å². The normalized spacial score (nSPS) is 15.1. The van der Waals surface area contributed by atoms with Gasteiger partial charge in [-0.15, -0.1) is 0 Å². The molecule has 5 nitrogen and oxygen atoms in total. The van der Waals surface area contributed by atoms with Gasteiger partial charge in [-0.05, 0) is 35.9 Å². The summed E-state index contributed by atoms with van der Waals surface area (Å²) in [6.07, 6.45) is 7.15. The van der Waals surface area contributed by atoms with Gasteiger partial charge in [0.2, 0.25) is 5.91 Å². The number of piperazine rings is 1. The Hall–Kier alpha value is -2.89. The highest BCUT2D eigenvalue weighted by molar-refractivity contribution is 6.30. The van der Waals surface area contributed by atoms with Crippen LogP contribution in [0, 0.1) is 0 Å². The second kappa shape index (κ2) is 9.07. The fraction of sp³-hybridized carbons (Fsp3) is 0.217. The lowest BCUT2D eigenvalue weighted by Crippen LogP contribution is -2.47. The molecule has 0 spiro atoms. The standard InChI is InChI=1S/C23H23ClN4O/c24-21-6-4-5-19(15-21)17-26-11-13-27(14-12-26)23(29)10-9-20-16-25-28(18-20)22-7-2-1-3-8-22/h1-10,15-16,18H,11-14,17H2/b10-9+. The van der Waals surface area contributed by atoms with E-state index >= 15 is 0 Å². The van der Waals surface area contributed by atoms with Gasteiger partial charge in [0.25, 0.3) is 0 Å². The molecule has 1 saturated heterocycles. The molecule has 29 heavy (non-hydrogen) atoms. The van der Waals surface area contributed by atoms with Crippen molar-refractivity contribution < 1.29 is 4.79 Å². The first-order valence-electron chi connectivity index (χ1n) is 9.71. The van der Waals surface area contributed by atoms with E-state index in [1.807, 2.05) is 65.7 Å². The predicted molar refractivity (Wildman–Crippen MR) is 116 cm³/mol. The zero-order valence-corrected chi connectivity index (χ0v) is 16.9. The van der Waals surface area contributed by atoms with Crippen LogP contribution in [0.3, 0.4) is 0 Å². The quantitative estimate of drug-likeness (QED) is 0.604. The van der Waals surface area contributed by atoms with Gasteiger partial charge in [-0.3, -0.25) is 9.69 Å². The Labute approximate surface area is 175 Å². The lowest BCUT2D eigenvalue weighted by Gasteiger charge is -2.34. The smallest absolute Gasteiger partial charge is 0.246 e. The van der Waals surface area contributed by atoms with Gasteiger partial charge >= 0.3 is 0 Å². The monoisotopic (exact) mass is 406 g/mol. The van der Waals surface area contributed by atoms with E-state index in [1.54, 1.807) is 17.0 Å². The molecule has 1 aliphatic rings. The van der Waals surface area contributed by atoms with Gasteiger partial charge in [-0.25, -0.2) is 4.68 Å². The number of hydrogen-bond donors (Lipinski definition) is 0. The van der Waals surface area contributed by atoms with Crippen molar-refractivity contribution in [1.82, 2.24) is 19.6 Å². The largest absolute Gasteiger partial charge is 0.337 e. The topological polar surface area (TPSA) is 41.4 Å². The number of carbonyl (C=O) groups excluding carboxylic acids is 1. The number of aromatic nitrogens is 2. The summed E-state index contributed by atoms with van der Waals surface area (Å²) < 4.78 is 1.80. The van der Waals surface area contributed by atoms with E-state index in [-0.39, 0.29) is 5.91 Å². The molecule has 148 valence electrons. The van der Waals surface area contributed by atoms with Crippen LogP contribution in [-0.4, -0.2) is 51.7 Å². The van der Waals surface area contributed by atoms with E-state index in [0.29, 0.717) is 0 Å². The molecule has 0 bridgehead atoms.